The van der Waals surface area contributed by atoms with E-state index in [1.807, 2.05) is 12.1 Å². The Hall–Kier alpha value is -2.15. The third kappa shape index (κ3) is 3.92. The standard InChI is InChI=1S/C13H18N4O2S/c1-8(12(18)16-13(19)15-2)17(3)10-6-4-9(5-7-10)11(14)20/h4-8H,1-3H3,(H2,14,20)(H2,15,16,18,19). The largest absolute Gasteiger partial charge is 0.389 e. The lowest BCUT2D eigenvalue weighted by Crippen LogP contribution is -2.48. The summed E-state index contributed by atoms with van der Waals surface area (Å²) in [5.41, 5.74) is 7.11. The molecule has 0 bridgehead atoms. The van der Waals surface area contributed by atoms with Crippen LogP contribution >= 0.6 is 12.2 Å². The third-order valence-corrected chi connectivity index (χ3v) is 3.22. The van der Waals surface area contributed by atoms with Crippen molar-refractivity contribution in [2.45, 2.75) is 13.0 Å². The molecule has 1 rings (SSSR count). The van der Waals surface area contributed by atoms with Gasteiger partial charge in [0.2, 0.25) is 5.91 Å². The summed E-state index contributed by atoms with van der Waals surface area (Å²) in [4.78, 5) is 25.0. The van der Waals surface area contributed by atoms with E-state index in [1.165, 1.54) is 7.05 Å². The Bertz CT molecular complexity index is 516. The first-order valence-corrected chi connectivity index (χ1v) is 6.43. The quantitative estimate of drug-likeness (QED) is 0.708. The molecule has 108 valence electrons. The zero-order valence-corrected chi connectivity index (χ0v) is 12.5. The van der Waals surface area contributed by atoms with Crippen molar-refractivity contribution in [3.8, 4) is 0 Å². The Balaban J connectivity index is 2.78. The molecular weight excluding hydrogens is 276 g/mol. The molecule has 1 unspecified atom stereocenters. The SMILES string of the molecule is CNC(=O)NC(=O)C(C)N(C)c1ccc(C(N)=S)cc1. The van der Waals surface area contributed by atoms with Crippen LogP contribution in [0.5, 0.6) is 0 Å². The minimum absolute atomic E-state index is 0.324. The number of amides is 3. The van der Waals surface area contributed by atoms with E-state index >= 15 is 0 Å². The lowest BCUT2D eigenvalue weighted by atomic mass is 10.1. The lowest BCUT2D eigenvalue weighted by molar-refractivity contribution is -0.120. The number of hydrogen-bond donors (Lipinski definition) is 3. The summed E-state index contributed by atoms with van der Waals surface area (Å²) in [6.07, 6.45) is 0. The maximum Gasteiger partial charge on any atom is 0.321 e. The Morgan fingerprint density at radius 1 is 1.30 bits per heavy atom. The van der Waals surface area contributed by atoms with Crippen molar-refractivity contribution >= 4 is 34.8 Å². The highest BCUT2D eigenvalue weighted by Gasteiger charge is 2.20. The van der Waals surface area contributed by atoms with Crippen molar-refractivity contribution < 1.29 is 9.59 Å². The Morgan fingerprint density at radius 2 is 1.85 bits per heavy atom. The maximum atomic E-state index is 11.8. The highest BCUT2D eigenvalue weighted by molar-refractivity contribution is 7.80. The molecule has 0 aliphatic carbocycles. The average Bonchev–Trinajstić information content (AvgIpc) is 2.45. The van der Waals surface area contributed by atoms with Crippen LogP contribution in [0.15, 0.2) is 24.3 Å². The molecule has 0 aliphatic rings. The average molecular weight is 294 g/mol. The van der Waals surface area contributed by atoms with Crippen molar-refractivity contribution in [1.82, 2.24) is 10.6 Å². The topological polar surface area (TPSA) is 87.5 Å². The van der Waals surface area contributed by atoms with E-state index in [4.69, 9.17) is 18.0 Å². The number of nitrogens with zero attached hydrogens (tertiary/aromatic N) is 1. The molecule has 0 saturated heterocycles. The molecule has 1 aromatic carbocycles. The van der Waals surface area contributed by atoms with Crippen LogP contribution in [0.2, 0.25) is 0 Å². The Labute approximate surface area is 123 Å². The molecule has 0 saturated carbocycles. The van der Waals surface area contributed by atoms with Crippen LogP contribution in [0.1, 0.15) is 12.5 Å². The van der Waals surface area contributed by atoms with Crippen LogP contribution in [0.25, 0.3) is 0 Å². The van der Waals surface area contributed by atoms with E-state index in [0.29, 0.717) is 4.99 Å². The number of thiocarbonyl (C=S) groups is 1. The van der Waals surface area contributed by atoms with Crippen molar-refractivity contribution in [2.75, 3.05) is 19.0 Å². The highest BCUT2D eigenvalue weighted by atomic mass is 32.1. The van der Waals surface area contributed by atoms with Gasteiger partial charge in [-0.2, -0.15) is 0 Å². The third-order valence-electron chi connectivity index (χ3n) is 2.98. The van der Waals surface area contributed by atoms with Gasteiger partial charge in [0.05, 0.1) is 0 Å². The van der Waals surface area contributed by atoms with Gasteiger partial charge >= 0.3 is 6.03 Å². The molecule has 0 radical (unpaired) electrons. The number of hydrogen-bond acceptors (Lipinski definition) is 4. The minimum Gasteiger partial charge on any atom is -0.389 e. The molecule has 0 aromatic heterocycles. The predicted molar refractivity (Wildman–Crippen MR) is 82.8 cm³/mol. The van der Waals surface area contributed by atoms with Gasteiger partial charge in [0.15, 0.2) is 0 Å². The van der Waals surface area contributed by atoms with E-state index in [-0.39, 0.29) is 5.91 Å². The molecule has 6 nitrogen and oxygen atoms in total. The molecule has 0 spiro atoms. The number of urea groups is 1. The Kier molecular flexibility index (Phi) is 5.45. The van der Waals surface area contributed by atoms with Crippen molar-refractivity contribution in [3.05, 3.63) is 29.8 Å². The first-order valence-electron chi connectivity index (χ1n) is 6.02. The summed E-state index contributed by atoms with van der Waals surface area (Å²) in [7, 11) is 3.22. The van der Waals surface area contributed by atoms with E-state index in [1.54, 1.807) is 31.0 Å². The Morgan fingerprint density at radius 3 is 2.30 bits per heavy atom. The van der Waals surface area contributed by atoms with Crippen molar-refractivity contribution in [1.29, 1.82) is 0 Å². The summed E-state index contributed by atoms with van der Waals surface area (Å²) in [6, 6.07) is 6.19. The van der Waals surface area contributed by atoms with Crippen LogP contribution in [0.4, 0.5) is 10.5 Å². The number of carbonyl (C=O) groups is 2. The summed E-state index contributed by atoms with van der Waals surface area (Å²) in [6.45, 7) is 1.71. The number of carbonyl (C=O) groups excluding carboxylic acids is 2. The van der Waals surface area contributed by atoms with Gasteiger partial charge in [-0.15, -0.1) is 0 Å². The van der Waals surface area contributed by atoms with Crippen LogP contribution in [-0.2, 0) is 4.79 Å². The second-order valence-corrected chi connectivity index (χ2v) is 4.71. The second-order valence-electron chi connectivity index (χ2n) is 4.27. The van der Waals surface area contributed by atoms with E-state index in [2.05, 4.69) is 10.6 Å². The van der Waals surface area contributed by atoms with Crippen LogP contribution < -0.4 is 21.3 Å². The monoisotopic (exact) mass is 294 g/mol. The number of anilines is 1. The number of nitrogens with one attached hydrogen (secondary N) is 2. The number of rotatable bonds is 4. The zero-order chi connectivity index (χ0) is 15.3. The highest BCUT2D eigenvalue weighted by Crippen LogP contribution is 2.16. The van der Waals surface area contributed by atoms with Crippen molar-refractivity contribution in [2.24, 2.45) is 5.73 Å². The van der Waals surface area contributed by atoms with Crippen LogP contribution in [0.3, 0.4) is 0 Å². The van der Waals surface area contributed by atoms with E-state index in [9.17, 15) is 9.59 Å². The molecule has 0 aliphatic heterocycles. The molecule has 1 atom stereocenters. The molecule has 0 heterocycles. The summed E-state index contributed by atoms with van der Waals surface area (Å²) < 4.78 is 0. The van der Waals surface area contributed by atoms with Gasteiger partial charge in [-0.25, -0.2) is 4.79 Å². The zero-order valence-electron chi connectivity index (χ0n) is 11.6. The fraction of sp³-hybridized carbons (Fsp3) is 0.308. The summed E-state index contributed by atoms with van der Waals surface area (Å²) in [5.74, 6) is -0.384. The number of benzene rings is 1. The first-order chi connectivity index (χ1) is 9.36. The van der Waals surface area contributed by atoms with E-state index < -0.39 is 12.1 Å². The van der Waals surface area contributed by atoms with Gasteiger partial charge in [-0.3, -0.25) is 10.1 Å². The number of imide groups is 1. The molecule has 0 fully saturated rings. The van der Waals surface area contributed by atoms with Gasteiger partial charge in [-0.05, 0) is 31.2 Å². The van der Waals surface area contributed by atoms with Gasteiger partial charge in [0.25, 0.3) is 0 Å². The van der Waals surface area contributed by atoms with Gasteiger partial charge in [0.1, 0.15) is 11.0 Å². The fourth-order valence-electron chi connectivity index (χ4n) is 1.54. The van der Waals surface area contributed by atoms with Crippen molar-refractivity contribution in [3.63, 3.8) is 0 Å². The smallest absolute Gasteiger partial charge is 0.321 e. The molecule has 3 amide bonds. The fourth-order valence-corrected chi connectivity index (χ4v) is 1.68. The molecular formula is C13H18N4O2S. The summed E-state index contributed by atoms with van der Waals surface area (Å²) in [5, 5.41) is 4.57. The second kappa shape index (κ2) is 6.85. The van der Waals surface area contributed by atoms with Crippen LogP contribution in [-0.4, -0.2) is 37.1 Å². The van der Waals surface area contributed by atoms with Gasteiger partial charge in [0, 0.05) is 25.3 Å². The molecule has 1 aromatic rings. The maximum absolute atomic E-state index is 11.8. The normalized spacial score (nSPS) is 11.3. The molecule has 20 heavy (non-hydrogen) atoms. The predicted octanol–water partition coefficient (Wildman–Crippen LogP) is 0.601. The van der Waals surface area contributed by atoms with Gasteiger partial charge in [-0.1, -0.05) is 12.2 Å². The van der Waals surface area contributed by atoms with Gasteiger partial charge < -0.3 is 16.0 Å². The van der Waals surface area contributed by atoms with Crippen LogP contribution in [0, 0.1) is 0 Å². The lowest BCUT2D eigenvalue weighted by Gasteiger charge is -2.25. The summed E-state index contributed by atoms with van der Waals surface area (Å²) >= 11 is 4.88. The first kappa shape index (κ1) is 15.9. The minimum atomic E-state index is -0.529. The molecule has 4 N–H and O–H groups in total. The number of nitrogens with two attached hydrogens (primary N) is 1. The van der Waals surface area contributed by atoms with E-state index in [0.717, 1.165) is 11.3 Å². The molecule has 7 heteroatoms. The number of likely N-dealkylation sites (N-methyl/N-ethyl adjacent to an activating group) is 1.